The van der Waals surface area contributed by atoms with Crippen LogP contribution in [0.1, 0.15) is 27.7 Å². The van der Waals surface area contributed by atoms with Gasteiger partial charge in [-0.25, -0.2) is 0 Å². The van der Waals surface area contributed by atoms with Crippen LogP contribution >= 0.6 is 0 Å². The molecule has 0 heterocycles. The molecule has 5 heteroatoms. The standard InChI is InChI=1S/C8H20O3Si.O/c1-5-9-12(8-4,10-6-2)11-7-3;/h5-8H2,1-4H3;. The normalized spacial score (nSPS) is 11.1. The van der Waals surface area contributed by atoms with Gasteiger partial charge < -0.3 is 13.3 Å². The van der Waals surface area contributed by atoms with Gasteiger partial charge in [-0.05, 0) is 20.8 Å². The van der Waals surface area contributed by atoms with E-state index in [4.69, 9.17) is 13.3 Å². The largest absolute Gasteiger partial charge is 0.500 e. The van der Waals surface area contributed by atoms with Crippen molar-refractivity contribution in [1.29, 1.82) is 0 Å². The Hall–Kier alpha value is 0.0569. The lowest BCUT2D eigenvalue weighted by molar-refractivity contribution is 0.0725. The van der Waals surface area contributed by atoms with Gasteiger partial charge in [-0.15, -0.1) is 0 Å². The first kappa shape index (κ1) is 15.5. The number of rotatable bonds is 7. The molecule has 0 saturated heterocycles. The van der Waals surface area contributed by atoms with Crippen LogP contribution in [-0.2, 0) is 18.8 Å². The molecule has 0 N–H and O–H groups in total. The van der Waals surface area contributed by atoms with Gasteiger partial charge in [0.15, 0.2) is 0 Å². The Labute approximate surface area is 81.9 Å². The lowest BCUT2D eigenvalue weighted by Gasteiger charge is -2.26. The fourth-order valence-corrected chi connectivity index (χ4v) is 3.27. The van der Waals surface area contributed by atoms with E-state index in [1.807, 2.05) is 27.7 Å². The number of hydrogen-bond acceptors (Lipinski definition) is 3. The highest BCUT2D eigenvalue weighted by molar-refractivity contribution is 6.60. The van der Waals surface area contributed by atoms with Crippen LogP contribution in [0.2, 0.25) is 6.04 Å². The third-order valence-electron chi connectivity index (χ3n) is 1.53. The van der Waals surface area contributed by atoms with Gasteiger partial charge in [0.25, 0.3) is 0 Å². The van der Waals surface area contributed by atoms with Crippen LogP contribution in [0.4, 0.5) is 0 Å². The van der Waals surface area contributed by atoms with E-state index >= 15 is 0 Å². The van der Waals surface area contributed by atoms with Crippen molar-refractivity contribution in [2.45, 2.75) is 33.7 Å². The molecule has 0 aliphatic carbocycles. The van der Waals surface area contributed by atoms with Crippen LogP contribution in [0.25, 0.3) is 0 Å². The van der Waals surface area contributed by atoms with Gasteiger partial charge in [-0.2, -0.15) is 0 Å². The Morgan fingerprint density at radius 3 is 1.23 bits per heavy atom. The molecule has 80 valence electrons. The first-order chi connectivity index (χ1) is 5.74. The second-order valence-corrected chi connectivity index (χ2v) is 5.27. The van der Waals surface area contributed by atoms with Gasteiger partial charge in [0, 0.05) is 31.3 Å². The summed E-state index contributed by atoms with van der Waals surface area (Å²) < 4.78 is 16.7. The highest BCUT2D eigenvalue weighted by Gasteiger charge is 2.37. The predicted molar refractivity (Wildman–Crippen MR) is 51.8 cm³/mol. The van der Waals surface area contributed by atoms with Crippen LogP contribution in [0.3, 0.4) is 0 Å². The first-order valence-electron chi connectivity index (χ1n) is 4.66. The van der Waals surface area contributed by atoms with E-state index in [9.17, 15) is 0 Å². The Kier molecular flexibility index (Phi) is 10.3. The highest BCUT2D eigenvalue weighted by atomic mass is 28.4. The van der Waals surface area contributed by atoms with E-state index in [0.29, 0.717) is 19.8 Å². The molecule has 0 bridgehead atoms. The van der Waals surface area contributed by atoms with E-state index < -0.39 is 8.80 Å². The van der Waals surface area contributed by atoms with Crippen LogP contribution in [0.15, 0.2) is 0 Å². The van der Waals surface area contributed by atoms with Gasteiger partial charge in [0.1, 0.15) is 0 Å². The summed E-state index contributed by atoms with van der Waals surface area (Å²) in [5.41, 5.74) is 0. The predicted octanol–water partition coefficient (Wildman–Crippen LogP) is 1.94. The summed E-state index contributed by atoms with van der Waals surface area (Å²) in [5, 5.41) is 0. The Balaban J connectivity index is 0. The lowest BCUT2D eigenvalue weighted by atomic mass is 10.9. The van der Waals surface area contributed by atoms with Crippen molar-refractivity contribution >= 4 is 8.80 Å². The van der Waals surface area contributed by atoms with Gasteiger partial charge in [-0.3, -0.25) is 0 Å². The second-order valence-electron chi connectivity index (χ2n) is 2.34. The van der Waals surface area contributed by atoms with E-state index in [0.717, 1.165) is 6.04 Å². The average molecular weight is 208 g/mol. The first-order valence-corrected chi connectivity index (χ1v) is 6.59. The molecule has 0 saturated carbocycles. The smallest absolute Gasteiger partial charge is 0.374 e. The van der Waals surface area contributed by atoms with Gasteiger partial charge in [-0.1, -0.05) is 6.92 Å². The molecule has 0 unspecified atom stereocenters. The molecule has 0 fully saturated rings. The highest BCUT2D eigenvalue weighted by Crippen LogP contribution is 2.14. The zero-order valence-electron chi connectivity index (χ0n) is 8.96. The van der Waals surface area contributed by atoms with Crippen molar-refractivity contribution in [3.63, 3.8) is 0 Å². The van der Waals surface area contributed by atoms with Crippen LogP contribution in [-0.4, -0.2) is 28.6 Å². The van der Waals surface area contributed by atoms with E-state index in [-0.39, 0.29) is 5.48 Å². The number of hydrogen-bond donors (Lipinski definition) is 0. The van der Waals surface area contributed by atoms with Crippen LogP contribution < -0.4 is 0 Å². The fourth-order valence-electron chi connectivity index (χ4n) is 1.09. The van der Waals surface area contributed by atoms with Gasteiger partial charge >= 0.3 is 8.80 Å². The minimum atomic E-state index is -2.27. The van der Waals surface area contributed by atoms with E-state index in [1.54, 1.807) is 0 Å². The van der Waals surface area contributed by atoms with E-state index in [1.165, 1.54) is 0 Å². The summed E-state index contributed by atoms with van der Waals surface area (Å²) in [4.78, 5) is 0. The molecule has 0 spiro atoms. The van der Waals surface area contributed by atoms with Crippen molar-refractivity contribution in [3.8, 4) is 0 Å². The maximum Gasteiger partial charge on any atom is 0.500 e. The topological polar surface area (TPSA) is 56.2 Å². The van der Waals surface area contributed by atoms with E-state index in [2.05, 4.69) is 0 Å². The summed E-state index contributed by atoms with van der Waals surface area (Å²) in [6.07, 6.45) is 0. The molecule has 0 aliphatic rings. The molecule has 4 nitrogen and oxygen atoms in total. The molecule has 0 amide bonds. The summed E-state index contributed by atoms with van der Waals surface area (Å²) in [6.45, 7) is 9.95. The molecule has 0 rings (SSSR count). The van der Waals surface area contributed by atoms with Crippen molar-refractivity contribution in [2.75, 3.05) is 19.8 Å². The quantitative estimate of drug-likeness (QED) is 0.601. The SMILES string of the molecule is CCO[Si](CC)(OCC)OCC.[O]. The van der Waals surface area contributed by atoms with Crippen LogP contribution in [0, 0.1) is 0 Å². The summed E-state index contributed by atoms with van der Waals surface area (Å²) >= 11 is 0. The maximum absolute atomic E-state index is 5.55. The van der Waals surface area contributed by atoms with Crippen molar-refractivity contribution < 1.29 is 18.8 Å². The molecule has 13 heavy (non-hydrogen) atoms. The van der Waals surface area contributed by atoms with Gasteiger partial charge in [0.2, 0.25) is 0 Å². The van der Waals surface area contributed by atoms with Crippen molar-refractivity contribution in [3.05, 3.63) is 0 Å². The van der Waals surface area contributed by atoms with Crippen molar-refractivity contribution in [1.82, 2.24) is 0 Å². The zero-order valence-corrected chi connectivity index (χ0v) is 9.96. The fraction of sp³-hybridized carbons (Fsp3) is 1.00. The second kappa shape index (κ2) is 8.65. The molecule has 2 radical (unpaired) electrons. The zero-order chi connectivity index (χ0) is 9.45. The molecular weight excluding hydrogens is 188 g/mol. The van der Waals surface area contributed by atoms with Crippen LogP contribution in [0.5, 0.6) is 0 Å². The van der Waals surface area contributed by atoms with Gasteiger partial charge in [0.05, 0.1) is 0 Å². The minimum absolute atomic E-state index is 0. The molecular formula is C8H20O4Si. The summed E-state index contributed by atoms with van der Waals surface area (Å²) in [6, 6.07) is 0.850. The monoisotopic (exact) mass is 208 g/mol. The molecule has 0 aromatic heterocycles. The summed E-state index contributed by atoms with van der Waals surface area (Å²) in [5.74, 6) is 0. The molecule has 0 aromatic rings. The Bertz CT molecular complexity index is 93.3. The third-order valence-corrected chi connectivity index (χ3v) is 4.58. The van der Waals surface area contributed by atoms with Crippen molar-refractivity contribution in [2.24, 2.45) is 0 Å². The Morgan fingerprint density at radius 1 is 0.769 bits per heavy atom. The average Bonchev–Trinajstić information content (AvgIpc) is 2.06. The molecule has 0 aliphatic heterocycles. The molecule has 0 aromatic carbocycles. The maximum atomic E-state index is 5.55. The molecule has 0 atom stereocenters. The Morgan fingerprint density at radius 2 is 1.08 bits per heavy atom. The minimum Gasteiger partial charge on any atom is -0.374 e. The third kappa shape index (κ3) is 5.38. The summed E-state index contributed by atoms with van der Waals surface area (Å²) in [7, 11) is -2.27. The lowest BCUT2D eigenvalue weighted by Crippen LogP contribution is -2.45.